The molecule has 6 heteroatoms. The highest BCUT2D eigenvalue weighted by Crippen LogP contribution is 2.26. The van der Waals surface area contributed by atoms with E-state index < -0.39 is 11.9 Å². The average Bonchev–Trinajstić information content (AvgIpc) is 3.23. The summed E-state index contributed by atoms with van der Waals surface area (Å²) in [5.41, 5.74) is -0.623. The highest BCUT2D eigenvalue weighted by molar-refractivity contribution is 5.77. The van der Waals surface area contributed by atoms with Crippen LogP contribution < -0.4 is 0 Å². The maximum Gasteiger partial charge on any atom is 0.306 e. The minimum Gasteiger partial charge on any atom is -0.463 e. The zero-order valence-corrected chi connectivity index (χ0v) is 10.7. The minimum atomic E-state index is -0.405. The zero-order valence-electron chi connectivity index (χ0n) is 10.7. The Hall–Kier alpha value is -1.14. The van der Waals surface area contributed by atoms with Gasteiger partial charge in [-0.2, -0.15) is 0 Å². The summed E-state index contributed by atoms with van der Waals surface area (Å²) in [6, 6.07) is 0. The summed E-state index contributed by atoms with van der Waals surface area (Å²) < 4.78 is 20.1. The van der Waals surface area contributed by atoms with Crippen molar-refractivity contribution in [3.05, 3.63) is 0 Å². The molecule has 2 heterocycles. The fourth-order valence-electron chi connectivity index (χ4n) is 1.23. The van der Waals surface area contributed by atoms with Crippen molar-refractivity contribution in [1.82, 2.24) is 0 Å². The number of epoxide rings is 2. The molecule has 0 aliphatic carbocycles. The summed E-state index contributed by atoms with van der Waals surface area (Å²) in [6.45, 7) is 5.44. The predicted octanol–water partition coefficient (Wildman–Crippen LogP) is 0.431. The standard InChI is InChI=1S/C12H18O6/c1-11(7-17-11)5-15-9(13)3-4-10(14)16-6-12(2)8-18-12/h3-8H2,1-2H3. The van der Waals surface area contributed by atoms with Gasteiger partial charge in [0.05, 0.1) is 26.1 Å². The van der Waals surface area contributed by atoms with Gasteiger partial charge in [0, 0.05) is 0 Å². The van der Waals surface area contributed by atoms with Crippen LogP contribution in [0.2, 0.25) is 0 Å². The van der Waals surface area contributed by atoms with E-state index in [1.54, 1.807) is 0 Å². The summed E-state index contributed by atoms with van der Waals surface area (Å²) in [5, 5.41) is 0. The van der Waals surface area contributed by atoms with Crippen molar-refractivity contribution >= 4 is 11.9 Å². The molecule has 0 aromatic carbocycles. The Labute approximate surface area is 106 Å². The molecule has 102 valence electrons. The zero-order chi connectivity index (χ0) is 13.2. The summed E-state index contributed by atoms with van der Waals surface area (Å²) in [4.78, 5) is 22.7. The molecule has 0 radical (unpaired) electrons. The van der Waals surface area contributed by atoms with Crippen LogP contribution in [0, 0.1) is 0 Å². The van der Waals surface area contributed by atoms with Gasteiger partial charge in [-0.25, -0.2) is 0 Å². The lowest BCUT2D eigenvalue weighted by Gasteiger charge is -2.08. The fourth-order valence-corrected chi connectivity index (χ4v) is 1.23. The first-order valence-corrected chi connectivity index (χ1v) is 6.00. The molecule has 0 saturated carbocycles. The lowest BCUT2D eigenvalue weighted by atomic mass is 10.2. The monoisotopic (exact) mass is 258 g/mol. The lowest BCUT2D eigenvalue weighted by Crippen LogP contribution is -2.21. The third-order valence-electron chi connectivity index (χ3n) is 2.88. The van der Waals surface area contributed by atoms with Gasteiger partial charge in [0.15, 0.2) is 0 Å². The quantitative estimate of drug-likeness (QED) is 0.487. The second-order valence-corrected chi connectivity index (χ2v) is 5.30. The maximum atomic E-state index is 11.3. The van der Waals surface area contributed by atoms with E-state index in [4.69, 9.17) is 18.9 Å². The Balaban J connectivity index is 1.52. The number of hydrogen-bond acceptors (Lipinski definition) is 6. The number of carbonyl (C=O) groups is 2. The van der Waals surface area contributed by atoms with Crippen LogP contribution in [0.4, 0.5) is 0 Å². The molecule has 0 spiro atoms. The molecule has 2 atom stereocenters. The van der Waals surface area contributed by atoms with E-state index >= 15 is 0 Å². The van der Waals surface area contributed by atoms with Crippen molar-refractivity contribution in [2.45, 2.75) is 37.9 Å². The molecule has 0 bridgehead atoms. The summed E-state index contributed by atoms with van der Waals surface area (Å²) >= 11 is 0. The van der Waals surface area contributed by atoms with Crippen LogP contribution >= 0.6 is 0 Å². The first-order chi connectivity index (χ1) is 8.41. The van der Waals surface area contributed by atoms with E-state index in [0.717, 1.165) is 0 Å². The van der Waals surface area contributed by atoms with Crippen LogP contribution in [-0.4, -0.2) is 49.6 Å². The SMILES string of the molecule is CC1(COC(=O)CCC(=O)OCC2(C)CO2)CO1. The fraction of sp³-hybridized carbons (Fsp3) is 0.833. The van der Waals surface area contributed by atoms with Crippen molar-refractivity contribution in [1.29, 1.82) is 0 Å². The Kier molecular flexibility index (Phi) is 3.59. The molecule has 6 nitrogen and oxygen atoms in total. The Morgan fingerprint density at radius 2 is 1.28 bits per heavy atom. The minimum absolute atomic E-state index is 0.0342. The first kappa shape index (κ1) is 13.3. The number of esters is 2. The Morgan fingerprint density at radius 1 is 0.944 bits per heavy atom. The van der Waals surface area contributed by atoms with Gasteiger partial charge in [-0.05, 0) is 13.8 Å². The molecule has 2 aliphatic rings. The molecule has 2 fully saturated rings. The van der Waals surface area contributed by atoms with Gasteiger partial charge in [0.25, 0.3) is 0 Å². The molecule has 0 aromatic heterocycles. The van der Waals surface area contributed by atoms with E-state index in [-0.39, 0.29) is 37.3 Å². The summed E-state index contributed by atoms with van der Waals surface area (Å²) in [6.07, 6.45) is 0.0684. The Morgan fingerprint density at radius 3 is 1.56 bits per heavy atom. The van der Waals surface area contributed by atoms with Gasteiger partial charge in [-0.15, -0.1) is 0 Å². The van der Waals surface area contributed by atoms with Crippen LogP contribution in [-0.2, 0) is 28.5 Å². The van der Waals surface area contributed by atoms with E-state index in [1.807, 2.05) is 13.8 Å². The van der Waals surface area contributed by atoms with Crippen molar-refractivity contribution in [3.63, 3.8) is 0 Å². The second-order valence-electron chi connectivity index (χ2n) is 5.30. The second kappa shape index (κ2) is 4.85. The third-order valence-corrected chi connectivity index (χ3v) is 2.88. The molecule has 2 saturated heterocycles. The topological polar surface area (TPSA) is 77.7 Å². The van der Waals surface area contributed by atoms with Crippen molar-refractivity contribution < 1.29 is 28.5 Å². The van der Waals surface area contributed by atoms with Gasteiger partial charge < -0.3 is 18.9 Å². The van der Waals surface area contributed by atoms with Crippen molar-refractivity contribution in [2.24, 2.45) is 0 Å². The van der Waals surface area contributed by atoms with Crippen molar-refractivity contribution in [2.75, 3.05) is 26.4 Å². The molecular weight excluding hydrogens is 240 g/mol. The van der Waals surface area contributed by atoms with Crippen LogP contribution in [0.1, 0.15) is 26.7 Å². The largest absolute Gasteiger partial charge is 0.463 e. The van der Waals surface area contributed by atoms with E-state index in [0.29, 0.717) is 13.2 Å². The van der Waals surface area contributed by atoms with E-state index in [1.165, 1.54) is 0 Å². The van der Waals surface area contributed by atoms with Crippen LogP contribution in [0.3, 0.4) is 0 Å². The van der Waals surface area contributed by atoms with Gasteiger partial charge in [0.2, 0.25) is 0 Å². The smallest absolute Gasteiger partial charge is 0.306 e. The van der Waals surface area contributed by atoms with Crippen LogP contribution in [0.5, 0.6) is 0 Å². The number of carbonyl (C=O) groups excluding carboxylic acids is 2. The van der Waals surface area contributed by atoms with Gasteiger partial charge in [0.1, 0.15) is 24.4 Å². The van der Waals surface area contributed by atoms with Crippen LogP contribution in [0.25, 0.3) is 0 Å². The number of ether oxygens (including phenoxy) is 4. The highest BCUT2D eigenvalue weighted by atomic mass is 16.6. The molecule has 0 N–H and O–H groups in total. The van der Waals surface area contributed by atoms with Gasteiger partial charge >= 0.3 is 11.9 Å². The molecule has 2 aliphatic heterocycles. The van der Waals surface area contributed by atoms with Crippen molar-refractivity contribution in [3.8, 4) is 0 Å². The maximum absolute atomic E-state index is 11.3. The third kappa shape index (κ3) is 4.27. The van der Waals surface area contributed by atoms with E-state index in [2.05, 4.69) is 0 Å². The highest BCUT2D eigenvalue weighted by Gasteiger charge is 2.41. The van der Waals surface area contributed by atoms with Gasteiger partial charge in [-0.3, -0.25) is 9.59 Å². The number of hydrogen-bond donors (Lipinski definition) is 0. The summed E-state index contributed by atoms with van der Waals surface area (Å²) in [5.74, 6) is -0.810. The molecule has 2 unspecified atom stereocenters. The van der Waals surface area contributed by atoms with Crippen LogP contribution in [0.15, 0.2) is 0 Å². The first-order valence-electron chi connectivity index (χ1n) is 6.00. The Bertz CT molecular complexity index is 308. The molecule has 0 aromatic rings. The average molecular weight is 258 g/mol. The predicted molar refractivity (Wildman–Crippen MR) is 59.9 cm³/mol. The normalized spacial score (nSPS) is 32.8. The summed E-state index contributed by atoms with van der Waals surface area (Å²) in [7, 11) is 0. The molecular formula is C12H18O6. The molecule has 0 amide bonds. The lowest BCUT2D eigenvalue weighted by molar-refractivity contribution is -0.152. The number of rotatable bonds is 7. The van der Waals surface area contributed by atoms with Gasteiger partial charge in [-0.1, -0.05) is 0 Å². The molecule has 2 rings (SSSR count). The van der Waals surface area contributed by atoms with E-state index in [9.17, 15) is 9.59 Å². The molecule has 18 heavy (non-hydrogen) atoms.